The Morgan fingerprint density at radius 2 is 1.85 bits per heavy atom. The highest BCUT2D eigenvalue weighted by atomic mass is 35.5. The van der Waals surface area contributed by atoms with E-state index in [4.69, 9.17) is 27.1 Å². The van der Waals surface area contributed by atoms with E-state index in [9.17, 15) is 10.1 Å². The third-order valence-corrected chi connectivity index (χ3v) is 5.53. The van der Waals surface area contributed by atoms with E-state index < -0.39 is 5.97 Å². The highest BCUT2D eigenvalue weighted by molar-refractivity contribution is 6.30. The Hall–Kier alpha value is -4.55. The minimum absolute atomic E-state index is 0.0199. The third-order valence-electron chi connectivity index (χ3n) is 5.28. The van der Waals surface area contributed by atoms with E-state index in [0.29, 0.717) is 32.8 Å². The van der Waals surface area contributed by atoms with Crippen molar-refractivity contribution in [2.75, 3.05) is 12.3 Å². The van der Waals surface area contributed by atoms with Crippen LogP contribution in [0.25, 0.3) is 39.1 Å². The van der Waals surface area contributed by atoms with Crippen molar-refractivity contribution in [3.63, 3.8) is 0 Å². The number of pyridine rings is 1. The number of carbonyl (C=O) groups is 1. The molecule has 0 radical (unpaired) electrons. The number of nitrogen functional groups attached to an aromatic ring is 1. The van der Waals surface area contributed by atoms with Crippen LogP contribution in [0.1, 0.15) is 23.0 Å². The first-order chi connectivity index (χ1) is 16.5. The molecule has 0 amide bonds. The summed E-state index contributed by atoms with van der Waals surface area (Å²) in [6, 6.07) is 18.2. The predicted octanol–water partition coefficient (Wildman–Crippen LogP) is 4.29. The summed E-state index contributed by atoms with van der Waals surface area (Å²) in [5, 5.41) is 22.9. The molecule has 0 unspecified atom stereocenters. The number of esters is 1. The fraction of sp³-hybridized carbons (Fsp3) is 0.0833. The summed E-state index contributed by atoms with van der Waals surface area (Å²) < 4.78 is 6.75. The minimum Gasteiger partial charge on any atom is -0.462 e. The van der Waals surface area contributed by atoms with Gasteiger partial charge in [0.05, 0.1) is 23.3 Å². The molecular formula is C24H16ClN7O2. The van der Waals surface area contributed by atoms with Gasteiger partial charge in [0.2, 0.25) is 5.69 Å². The normalized spacial score (nSPS) is 11.0. The van der Waals surface area contributed by atoms with Crippen LogP contribution in [0.15, 0.2) is 54.6 Å². The van der Waals surface area contributed by atoms with Gasteiger partial charge in [0.15, 0.2) is 17.1 Å². The molecule has 10 heteroatoms. The minimum atomic E-state index is -0.547. The van der Waals surface area contributed by atoms with Gasteiger partial charge in [0.1, 0.15) is 6.07 Å². The lowest BCUT2D eigenvalue weighted by Gasteiger charge is -2.15. The van der Waals surface area contributed by atoms with Crippen molar-refractivity contribution >= 4 is 40.1 Å². The maximum Gasteiger partial charge on any atom is 0.341 e. The number of nitrogens with zero attached hydrogens (tertiary/aromatic N) is 6. The average Bonchev–Trinajstić information content (AvgIpc) is 3.24. The zero-order valence-electron chi connectivity index (χ0n) is 17.9. The molecule has 0 bridgehead atoms. The predicted molar refractivity (Wildman–Crippen MR) is 127 cm³/mol. The van der Waals surface area contributed by atoms with Crippen molar-refractivity contribution in [2.45, 2.75) is 6.92 Å². The molecule has 0 spiro atoms. The monoisotopic (exact) mass is 469 g/mol. The van der Waals surface area contributed by atoms with Crippen LogP contribution in [-0.2, 0) is 4.74 Å². The van der Waals surface area contributed by atoms with Crippen molar-refractivity contribution in [1.82, 2.24) is 24.8 Å². The fourth-order valence-electron chi connectivity index (χ4n) is 3.81. The number of ether oxygens (including phenoxy) is 1. The number of hydrogen-bond acceptors (Lipinski definition) is 8. The summed E-state index contributed by atoms with van der Waals surface area (Å²) in [5.41, 5.74) is 9.15. The zero-order chi connectivity index (χ0) is 23.8. The second-order valence-corrected chi connectivity index (χ2v) is 7.72. The number of rotatable bonds is 4. The van der Waals surface area contributed by atoms with Crippen LogP contribution >= 0.6 is 11.6 Å². The first kappa shape index (κ1) is 21.3. The van der Waals surface area contributed by atoms with Gasteiger partial charge in [0.25, 0.3) is 0 Å². The number of hydrogen-bond donors (Lipinski definition) is 1. The van der Waals surface area contributed by atoms with Gasteiger partial charge in [0, 0.05) is 16.1 Å². The van der Waals surface area contributed by atoms with E-state index >= 15 is 0 Å². The third kappa shape index (κ3) is 3.37. The lowest BCUT2D eigenvalue weighted by molar-refractivity contribution is 0.0528. The van der Waals surface area contributed by atoms with Gasteiger partial charge in [-0.25, -0.2) is 9.78 Å². The Balaban J connectivity index is 2.00. The van der Waals surface area contributed by atoms with Crippen LogP contribution in [0.3, 0.4) is 0 Å². The quantitative estimate of drug-likeness (QED) is 0.385. The number of carbonyl (C=O) groups excluding carboxylic acids is 1. The maximum absolute atomic E-state index is 13.3. The molecule has 5 rings (SSSR count). The van der Waals surface area contributed by atoms with E-state index in [0.717, 1.165) is 0 Å². The Bertz CT molecular complexity index is 1610. The van der Waals surface area contributed by atoms with Crippen molar-refractivity contribution in [2.24, 2.45) is 0 Å². The van der Waals surface area contributed by atoms with Gasteiger partial charge in [-0.2, -0.15) is 9.78 Å². The molecule has 0 saturated heterocycles. The van der Waals surface area contributed by atoms with Gasteiger partial charge < -0.3 is 10.5 Å². The number of benzene rings is 2. The Morgan fingerprint density at radius 1 is 1.12 bits per heavy atom. The smallest absolute Gasteiger partial charge is 0.341 e. The van der Waals surface area contributed by atoms with E-state index in [1.807, 2.05) is 36.4 Å². The van der Waals surface area contributed by atoms with Crippen LogP contribution < -0.4 is 5.73 Å². The average molecular weight is 470 g/mol. The van der Waals surface area contributed by atoms with E-state index in [1.165, 1.54) is 4.52 Å². The van der Waals surface area contributed by atoms with E-state index in [1.54, 1.807) is 31.2 Å². The Morgan fingerprint density at radius 3 is 2.53 bits per heavy atom. The molecule has 0 saturated carbocycles. The molecule has 5 aromatic rings. The summed E-state index contributed by atoms with van der Waals surface area (Å²) in [6.45, 7) is 1.91. The first-order valence-corrected chi connectivity index (χ1v) is 10.7. The van der Waals surface area contributed by atoms with E-state index in [-0.39, 0.29) is 35.0 Å². The molecule has 166 valence electrons. The summed E-state index contributed by atoms with van der Waals surface area (Å²) in [6.07, 6.45) is 0. The van der Waals surface area contributed by atoms with Gasteiger partial charge >= 0.3 is 5.97 Å². The summed E-state index contributed by atoms with van der Waals surface area (Å²) >= 11 is 6.13. The van der Waals surface area contributed by atoms with Gasteiger partial charge in [-0.1, -0.05) is 54.1 Å². The Kier molecular flexibility index (Phi) is 5.28. The SMILES string of the molecule is CCOC(=O)c1c(-c2ccccc2)nc2nn3c(N)c(C#N)nnc3c2c1-c1ccc(Cl)cc1. The molecule has 2 aromatic carbocycles. The lowest BCUT2D eigenvalue weighted by atomic mass is 9.93. The molecule has 0 aliphatic rings. The molecule has 0 atom stereocenters. The molecule has 0 aliphatic carbocycles. The summed E-state index contributed by atoms with van der Waals surface area (Å²) in [4.78, 5) is 18.1. The second kappa shape index (κ2) is 8.42. The van der Waals surface area contributed by atoms with Crippen LogP contribution in [-0.4, -0.2) is 37.4 Å². The number of halogens is 1. The standard InChI is InChI=1S/C24H16ClN7O2/c1-2-34-24(33)18-17(13-8-10-15(25)11-9-13)19-22(28-20(18)14-6-4-3-5-7-14)31-32-21(27)16(12-26)29-30-23(19)32/h3-11H,2,27H2,1H3. The molecule has 3 aromatic heterocycles. The molecule has 9 nitrogen and oxygen atoms in total. The highest BCUT2D eigenvalue weighted by Gasteiger charge is 2.28. The van der Waals surface area contributed by atoms with Crippen molar-refractivity contribution in [3.05, 3.63) is 70.9 Å². The first-order valence-electron chi connectivity index (χ1n) is 10.3. The maximum atomic E-state index is 13.3. The van der Waals surface area contributed by atoms with Crippen LogP contribution in [0.2, 0.25) is 5.02 Å². The Labute approximate surface area is 198 Å². The summed E-state index contributed by atoms with van der Waals surface area (Å²) in [7, 11) is 0. The molecular weight excluding hydrogens is 454 g/mol. The largest absolute Gasteiger partial charge is 0.462 e. The van der Waals surface area contributed by atoms with Gasteiger partial charge in [-0.05, 0) is 24.6 Å². The number of anilines is 1. The van der Waals surface area contributed by atoms with Crippen molar-refractivity contribution in [1.29, 1.82) is 5.26 Å². The van der Waals surface area contributed by atoms with Crippen LogP contribution in [0.5, 0.6) is 0 Å². The van der Waals surface area contributed by atoms with E-state index in [2.05, 4.69) is 15.3 Å². The summed E-state index contributed by atoms with van der Waals surface area (Å²) in [5.74, 6) is -0.527. The molecule has 34 heavy (non-hydrogen) atoms. The van der Waals surface area contributed by atoms with Gasteiger partial charge in [-0.15, -0.1) is 15.3 Å². The number of aromatic nitrogens is 5. The van der Waals surface area contributed by atoms with Crippen molar-refractivity contribution in [3.8, 4) is 28.5 Å². The number of nitrogens with two attached hydrogens (primary N) is 1. The second-order valence-electron chi connectivity index (χ2n) is 7.28. The molecule has 0 fully saturated rings. The van der Waals surface area contributed by atoms with Crippen LogP contribution in [0, 0.1) is 11.3 Å². The van der Waals surface area contributed by atoms with Crippen LogP contribution in [0.4, 0.5) is 5.82 Å². The number of nitriles is 1. The molecule has 2 N–H and O–H groups in total. The van der Waals surface area contributed by atoms with Crippen molar-refractivity contribution < 1.29 is 9.53 Å². The number of fused-ring (bicyclic) bond motifs is 3. The topological polar surface area (TPSA) is 132 Å². The molecule has 0 aliphatic heterocycles. The molecule has 3 heterocycles. The highest BCUT2D eigenvalue weighted by Crippen LogP contribution is 2.39. The fourth-order valence-corrected chi connectivity index (χ4v) is 3.93. The zero-order valence-corrected chi connectivity index (χ0v) is 18.6. The van der Waals surface area contributed by atoms with Gasteiger partial charge in [-0.3, -0.25) is 0 Å². The lowest BCUT2D eigenvalue weighted by Crippen LogP contribution is -2.10.